The van der Waals surface area contributed by atoms with E-state index in [9.17, 15) is 13.9 Å². The molecule has 188 valence electrons. The number of halogens is 3. The van der Waals surface area contributed by atoms with E-state index in [2.05, 4.69) is 20.3 Å². The number of benzene rings is 1. The molecule has 1 N–H and O–H groups in total. The summed E-state index contributed by atoms with van der Waals surface area (Å²) in [5, 5.41) is 20.9. The Morgan fingerprint density at radius 2 is 1.97 bits per heavy atom. The molecular formula is C25H24ClF2N5O3. The van der Waals surface area contributed by atoms with Crippen molar-refractivity contribution in [1.82, 2.24) is 25.0 Å². The van der Waals surface area contributed by atoms with Crippen LogP contribution in [-0.4, -0.2) is 49.7 Å². The Morgan fingerprint density at radius 1 is 1.22 bits per heavy atom. The number of nitrogens with zero attached hydrogens (tertiary/aromatic N) is 5. The fourth-order valence-electron chi connectivity index (χ4n) is 4.44. The Labute approximate surface area is 210 Å². The number of aryl methyl sites for hydroxylation is 3. The molecule has 11 heteroatoms. The lowest BCUT2D eigenvalue weighted by Crippen LogP contribution is -2.32. The Kier molecular flexibility index (Phi) is 5.83. The molecule has 3 heterocycles. The Morgan fingerprint density at radius 3 is 2.58 bits per heavy atom. The number of ether oxygens (including phenoxy) is 2. The third kappa shape index (κ3) is 3.94. The van der Waals surface area contributed by atoms with Gasteiger partial charge in [0.05, 0.1) is 42.1 Å². The van der Waals surface area contributed by atoms with E-state index in [1.165, 1.54) is 18.0 Å². The fraction of sp³-hybridized carbons (Fsp3) is 0.360. The molecule has 1 saturated carbocycles. The zero-order valence-electron chi connectivity index (χ0n) is 20.1. The molecule has 0 spiro atoms. The number of alkyl halides is 2. The second kappa shape index (κ2) is 8.63. The Hall–Kier alpha value is -3.37. The summed E-state index contributed by atoms with van der Waals surface area (Å²) in [4.78, 5) is 8.99. The number of fused-ring (bicyclic) bond motifs is 1. The second-order valence-electron chi connectivity index (χ2n) is 9.01. The van der Waals surface area contributed by atoms with Crippen LogP contribution in [0.5, 0.6) is 11.6 Å². The molecule has 8 nitrogen and oxygen atoms in total. The van der Waals surface area contributed by atoms with Gasteiger partial charge in [0.1, 0.15) is 0 Å². The number of hydrogen-bond acceptors (Lipinski definition) is 7. The highest BCUT2D eigenvalue weighted by Gasteiger charge is 2.57. The zero-order valence-corrected chi connectivity index (χ0v) is 20.8. The van der Waals surface area contributed by atoms with Gasteiger partial charge >= 0.3 is 0 Å². The van der Waals surface area contributed by atoms with E-state index in [1.807, 2.05) is 26.0 Å². The fourth-order valence-corrected chi connectivity index (χ4v) is 4.72. The summed E-state index contributed by atoms with van der Waals surface area (Å²) in [5.41, 5.74) is 1.66. The lowest BCUT2D eigenvalue weighted by molar-refractivity contribution is 0.0850. The van der Waals surface area contributed by atoms with Gasteiger partial charge in [0.15, 0.2) is 5.60 Å². The lowest BCUT2D eigenvalue weighted by atomic mass is 9.82. The Balaban J connectivity index is 1.67. The van der Waals surface area contributed by atoms with Gasteiger partial charge in [0, 0.05) is 35.8 Å². The monoisotopic (exact) mass is 515 g/mol. The van der Waals surface area contributed by atoms with E-state index < -0.39 is 17.4 Å². The molecule has 2 atom stereocenters. The quantitative estimate of drug-likeness (QED) is 0.391. The van der Waals surface area contributed by atoms with E-state index in [0.717, 1.165) is 5.69 Å². The number of hydrogen-bond donors (Lipinski definition) is 1. The smallest absolute Gasteiger partial charge is 0.258 e. The van der Waals surface area contributed by atoms with Crippen LogP contribution in [0.25, 0.3) is 10.9 Å². The number of methoxy groups -OCH3 is 1. The average Bonchev–Trinajstić information content (AvgIpc) is 3.21. The van der Waals surface area contributed by atoms with Crippen molar-refractivity contribution in [3.8, 4) is 11.6 Å². The molecule has 1 aromatic carbocycles. The maximum absolute atomic E-state index is 13.4. The molecule has 36 heavy (non-hydrogen) atoms. The molecule has 0 bridgehead atoms. The highest BCUT2D eigenvalue weighted by Crippen LogP contribution is 2.50. The normalized spacial score (nSPS) is 18.2. The van der Waals surface area contributed by atoms with Crippen molar-refractivity contribution in [2.45, 2.75) is 31.8 Å². The van der Waals surface area contributed by atoms with Gasteiger partial charge in [0.25, 0.3) is 11.8 Å². The Bertz CT molecular complexity index is 1480. The van der Waals surface area contributed by atoms with Gasteiger partial charge in [-0.15, -0.1) is 5.10 Å². The molecule has 0 saturated heterocycles. The van der Waals surface area contributed by atoms with Crippen molar-refractivity contribution in [2.75, 3.05) is 13.7 Å². The first-order chi connectivity index (χ1) is 17.1. The van der Waals surface area contributed by atoms with Gasteiger partial charge in [-0.05, 0) is 37.6 Å². The summed E-state index contributed by atoms with van der Waals surface area (Å²) in [7, 11) is 3.09. The lowest BCUT2D eigenvalue weighted by Gasteiger charge is -2.30. The summed E-state index contributed by atoms with van der Waals surface area (Å²) in [5.74, 6) is -3.44. The van der Waals surface area contributed by atoms with Crippen LogP contribution in [0, 0.1) is 19.8 Å². The molecule has 1 fully saturated rings. The van der Waals surface area contributed by atoms with Crippen molar-refractivity contribution in [1.29, 1.82) is 0 Å². The third-order valence-corrected chi connectivity index (χ3v) is 6.92. The van der Waals surface area contributed by atoms with Gasteiger partial charge in [-0.25, -0.2) is 18.4 Å². The summed E-state index contributed by atoms with van der Waals surface area (Å²) in [6.45, 7) is 3.47. The van der Waals surface area contributed by atoms with Crippen LogP contribution in [0.4, 0.5) is 8.78 Å². The van der Waals surface area contributed by atoms with Gasteiger partial charge in [0.2, 0.25) is 5.75 Å². The van der Waals surface area contributed by atoms with Crippen molar-refractivity contribution >= 4 is 22.5 Å². The highest BCUT2D eigenvalue weighted by atomic mass is 35.5. The number of rotatable bonds is 7. The first-order valence-electron chi connectivity index (χ1n) is 11.3. The molecule has 0 amide bonds. The topological polar surface area (TPSA) is 95.2 Å². The van der Waals surface area contributed by atoms with Crippen LogP contribution >= 0.6 is 11.6 Å². The predicted molar refractivity (Wildman–Crippen MR) is 129 cm³/mol. The minimum Gasteiger partial charge on any atom is -0.486 e. The van der Waals surface area contributed by atoms with Crippen molar-refractivity contribution in [2.24, 2.45) is 13.0 Å². The molecular weight excluding hydrogens is 492 g/mol. The van der Waals surface area contributed by atoms with Crippen LogP contribution < -0.4 is 9.47 Å². The molecule has 4 aromatic rings. The molecule has 1 aliphatic rings. The van der Waals surface area contributed by atoms with E-state index in [0.29, 0.717) is 33.4 Å². The second-order valence-corrected chi connectivity index (χ2v) is 9.39. The van der Waals surface area contributed by atoms with E-state index in [4.69, 9.17) is 21.1 Å². The van der Waals surface area contributed by atoms with Crippen LogP contribution in [0.3, 0.4) is 0 Å². The molecule has 3 aromatic heterocycles. The highest BCUT2D eigenvalue weighted by molar-refractivity contribution is 6.37. The zero-order chi connectivity index (χ0) is 25.8. The molecule has 1 unspecified atom stereocenters. The number of aliphatic hydroxyl groups is 1. The minimum absolute atomic E-state index is 0.0745. The van der Waals surface area contributed by atoms with E-state index >= 15 is 0 Å². The minimum atomic E-state index is -2.73. The van der Waals surface area contributed by atoms with Gasteiger partial charge in [-0.1, -0.05) is 28.9 Å². The van der Waals surface area contributed by atoms with Crippen LogP contribution in [0.1, 0.15) is 34.6 Å². The largest absolute Gasteiger partial charge is 0.486 e. The maximum Gasteiger partial charge on any atom is 0.258 e. The molecule has 5 rings (SSSR count). The van der Waals surface area contributed by atoms with Crippen LogP contribution in [0.2, 0.25) is 5.02 Å². The van der Waals surface area contributed by atoms with Crippen molar-refractivity contribution in [3.05, 3.63) is 69.8 Å². The van der Waals surface area contributed by atoms with Crippen LogP contribution in [-0.2, 0) is 12.6 Å². The third-order valence-electron chi connectivity index (χ3n) is 6.54. The summed E-state index contributed by atoms with van der Waals surface area (Å²) >= 11 is 6.72. The summed E-state index contributed by atoms with van der Waals surface area (Å²) < 4.78 is 39.3. The van der Waals surface area contributed by atoms with Gasteiger partial charge in [-0.2, -0.15) is 0 Å². The average molecular weight is 516 g/mol. The maximum atomic E-state index is 13.4. The number of aromatic nitrogens is 5. The van der Waals surface area contributed by atoms with Gasteiger partial charge in [-0.3, -0.25) is 4.98 Å². The first kappa shape index (κ1) is 24.3. The van der Waals surface area contributed by atoms with E-state index in [-0.39, 0.29) is 29.7 Å². The van der Waals surface area contributed by atoms with E-state index in [1.54, 1.807) is 25.2 Å². The summed E-state index contributed by atoms with van der Waals surface area (Å²) in [6, 6.07) is 8.74. The SMILES string of the molecule is COc1nc2ccc([C@@](O)(c3ccc(C)nc3C)c3cnnn3C)cc2c(Cl)c1OCC1CC1(F)F. The predicted octanol–water partition coefficient (Wildman–Crippen LogP) is 4.36. The van der Waals surface area contributed by atoms with Crippen molar-refractivity contribution < 1.29 is 23.4 Å². The first-order valence-corrected chi connectivity index (χ1v) is 11.6. The molecule has 0 radical (unpaired) electrons. The van der Waals surface area contributed by atoms with Gasteiger partial charge < -0.3 is 14.6 Å². The molecule has 1 aliphatic carbocycles. The standard InChI is InChI=1S/C25H24ClF2N5O3/c1-13-5-7-18(14(2)30-13)25(34,20-11-29-32-33(20)3)15-6-8-19-17(9-15)21(26)22(23(31-19)35-4)36-12-16-10-24(16,27)28/h5-9,11,16,34H,10,12H2,1-4H3/t16?,25-/m1/s1. The van der Waals surface area contributed by atoms with Crippen molar-refractivity contribution in [3.63, 3.8) is 0 Å². The van der Waals surface area contributed by atoms with Crippen LogP contribution in [0.15, 0.2) is 36.5 Å². The summed E-state index contributed by atoms with van der Waals surface area (Å²) in [6.07, 6.45) is 1.26. The molecule has 0 aliphatic heterocycles. The number of pyridine rings is 2.